The molecule has 2 saturated heterocycles. The van der Waals surface area contributed by atoms with E-state index in [2.05, 4.69) is 21.4 Å². The fourth-order valence-corrected chi connectivity index (χ4v) is 9.74. The largest absolute Gasteiger partial charge is 0.507 e. The lowest BCUT2D eigenvalue weighted by Crippen LogP contribution is -2.53. The number of carbonyl (C=O) groups is 4. The van der Waals surface area contributed by atoms with E-state index in [1.165, 1.54) is 29.2 Å². The third-order valence-corrected chi connectivity index (χ3v) is 12.4. The number of rotatable bonds is 5. The number of imide groups is 2. The van der Waals surface area contributed by atoms with Gasteiger partial charge in [-0.05, 0) is 90.4 Å². The number of hydrogen-bond acceptors (Lipinski definition) is 6. The van der Waals surface area contributed by atoms with Crippen LogP contribution in [0, 0.1) is 29.5 Å². The fraction of sp³-hybridized carbons (Fsp3) is 0.190. The van der Waals surface area contributed by atoms with Crippen LogP contribution < -0.4 is 10.3 Å². The number of halogens is 3. The first-order valence-electron chi connectivity index (χ1n) is 17.3. The summed E-state index contributed by atoms with van der Waals surface area (Å²) in [6.07, 6.45) is 2.27. The van der Waals surface area contributed by atoms with E-state index in [1.807, 2.05) is 30.3 Å². The van der Waals surface area contributed by atoms with E-state index in [4.69, 9.17) is 11.6 Å². The molecule has 3 fully saturated rings. The zero-order valence-corrected chi connectivity index (χ0v) is 30.2. The van der Waals surface area contributed by atoms with Crippen molar-refractivity contribution in [2.24, 2.45) is 23.7 Å². The molecular weight excluding hydrogens is 761 g/mol. The summed E-state index contributed by atoms with van der Waals surface area (Å²) < 4.78 is 14.7. The van der Waals surface area contributed by atoms with Gasteiger partial charge >= 0.3 is 0 Å². The average molecular weight is 791 g/mol. The van der Waals surface area contributed by atoms with E-state index in [0.29, 0.717) is 38.5 Å². The van der Waals surface area contributed by atoms with Crippen LogP contribution in [0.3, 0.4) is 0 Å². The Hall–Kier alpha value is -5.32. The number of phenols is 1. The molecule has 2 N–H and O–H groups in total. The summed E-state index contributed by atoms with van der Waals surface area (Å²) in [6.45, 7) is 0. The quantitative estimate of drug-likeness (QED) is 0.137. The molecule has 0 radical (unpaired) electrons. The van der Waals surface area contributed by atoms with Crippen molar-refractivity contribution in [1.82, 2.24) is 5.01 Å². The number of hydrazine groups is 1. The van der Waals surface area contributed by atoms with Crippen LogP contribution in [0.5, 0.6) is 5.75 Å². The van der Waals surface area contributed by atoms with Gasteiger partial charge in [-0.1, -0.05) is 87.7 Å². The first-order valence-corrected chi connectivity index (χ1v) is 18.5. The number of allylic oxidation sites excluding steroid dienone is 2. The number of amides is 4. The molecule has 1 saturated carbocycles. The Labute approximate surface area is 316 Å². The van der Waals surface area contributed by atoms with Crippen molar-refractivity contribution in [3.8, 4) is 5.75 Å². The van der Waals surface area contributed by atoms with Crippen LogP contribution in [0.15, 0.2) is 125 Å². The Morgan fingerprint density at radius 2 is 1.53 bits per heavy atom. The number of hydrogen-bond donors (Lipinski definition) is 2. The zero-order valence-electron chi connectivity index (χ0n) is 27.9. The van der Waals surface area contributed by atoms with Gasteiger partial charge in [-0.2, -0.15) is 5.01 Å². The van der Waals surface area contributed by atoms with Gasteiger partial charge < -0.3 is 5.11 Å². The zero-order chi connectivity index (χ0) is 36.8. The van der Waals surface area contributed by atoms with E-state index in [9.17, 15) is 23.9 Å². The van der Waals surface area contributed by atoms with Gasteiger partial charge in [0.1, 0.15) is 11.6 Å². The maximum absolute atomic E-state index is 15.4. The number of benzene rings is 5. The van der Waals surface area contributed by atoms with Crippen molar-refractivity contribution in [1.29, 1.82) is 0 Å². The van der Waals surface area contributed by atoms with Crippen LogP contribution in [-0.2, 0) is 24.6 Å². The van der Waals surface area contributed by atoms with Gasteiger partial charge in [-0.15, -0.1) is 0 Å². The molecule has 5 aromatic carbocycles. The van der Waals surface area contributed by atoms with Gasteiger partial charge in [0, 0.05) is 26.4 Å². The number of phenolic OH excluding ortho intramolecular Hbond substituents is 1. The van der Waals surface area contributed by atoms with Gasteiger partial charge in [-0.25, -0.2) is 4.39 Å². The average Bonchev–Trinajstić information content (AvgIpc) is 3.54. The van der Waals surface area contributed by atoms with E-state index in [1.54, 1.807) is 60.7 Å². The second kappa shape index (κ2) is 12.4. The van der Waals surface area contributed by atoms with Crippen molar-refractivity contribution < 1.29 is 28.7 Å². The van der Waals surface area contributed by atoms with Crippen LogP contribution in [0.25, 0.3) is 10.8 Å². The number of fused-ring (bicyclic) bond motifs is 5. The van der Waals surface area contributed by atoms with E-state index in [-0.39, 0.29) is 30.4 Å². The molecule has 264 valence electrons. The summed E-state index contributed by atoms with van der Waals surface area (Å²) in [5.74, 6) is -6.37. The van der Waals surface area contributed by atoms with Crippen LogP contribution in [0.4, 0.5) is 15.8 Å². The maximum Gasteiger partial charge on any atom is 0.260 e. The van der Waals surface area contributed by atoms with Crippen molar-refractivity contribution in [3.05, 3.63) is 147 Å². The Kier molecular flexibility index (Phi) is 7.83. The van der Waals surface area contributed by atoms with Crippen LogP contribution >= 0.6 is 27.5 Å². The molecule has 0 unspecified atom stereocenters. The van der Waals surface area contributed by atoms with Crippen LogP contribution in [0.1, 0.15) is 29.9 Å². The van der Waals surface area contributed by atoms with Gasteiger partial charge in [0.2, 0.25) is 11.8 Å². The lowest BCUT2D eigenvalue weighted by Gasteiger charge is -2.50. The first kappa shape index (κ1) is 33.5. The predicted octanol–water partition coefficient (Wildman–Crippen LogP) is 8.29. The lowest BCUT2D eigenvalue weighted by molar-refractivity contribution is -0.138. The molecule has 0 bridgehead atoms. The summed E-state index contributed by atoms with van der Waals surface area (Å²) in [6, 6.07) is 30.1. The van der Waals surface area contributed by atoms with Crippen molar-refractivity contribution >= 4 is 73.3 Å². The van der Waals surface area contributed by atoms with Crippen molar-refractivity contribution in [3.63, 3.8) is 0 Å². The lowest BCUT2D eigenvalue weighted by atomic mass is 9.49. The Bertz CT molecular complexity index is 2400. The second-order valence-corrected chi connectivity index (χ2v) is 15.4. The molecule has 0 aromatic heterocycles. The highest BCUT2D eigenvalue weighted by Crippen LogP contribution is 2.65. The minimum absolute atomic E-state index is 0.0423. The number of aromatic hydroxyl groups is 1. The molecule has 8 nitrogen and oxygen atoms in total. The third kappa shape index (κ3) is 4.92. The van der Waals surface area contributed by atoms with Crippen molar-refractivity contribution in [2.45, 2.75) is 24.2 Å². The minimum Gasteiger partial charge on any atom is -0.507 e. The Morgan fingerprint density at radius 1 is 0.811 bits per heavy atom. The summed E-state index contributed by atoms with van der Waals surface area (Å²) in [7, 11) is 0. The van der Waals surface area contributed by atoms with Crippen LogP contribution in [0.2, 0.25) is 5.02 Å². The molecule has 4 aliphatic rings. The summed E-state index contributed by atoms with van der Waals surface area (Å²) in [5.41, 5.74) is 3.76. The van der Waals surface area contributed by atoms with Crippen molar-refractivity contribution in [2.75, 3.05) is 10.3 Å². The van der Waals surface area contributed by atoms with Gasteiger partial charge in [-0.3, -0.25) is 29.5 Å². The Balaban J connectivity index is 1.27. The molecule has 4 amide bonds. The molecule has 5 aromatic rings. The summed E-state index contributed by atoms with van der Waals surface area (Å²) in [5, 5.41) is 14.9. The SMILES string of the molecule is O=C1[C@@H]2C[C@@H]3C(=CC[C@@H]4C(=O)N(c5ccc(Br)cc5)C(=O)[C@@H]43)[C@H](c3ccc4ccccc4c3O)[C@]2(c2ccc(Cl)cc2)C(=O)N1Nc1ccc(F)cc1. The summed E-state index contributed by atoms with van der Waals surface area (Å²) in [4.78, 5) is 60.0. The molecule has 2 aliphatic heterocycles. The number of anilines is 2. The minimum atomic E-state index is -1.61. The standard InChI is InChI=1S/C42H30BrClFN3O5/c43-24-8-16-28(17-9-24)47-38(50)31-20-19-30-33(35(31)40(47)52)21-34-39(51)48(46-27-14-12-26(45)13-15-27)41(53)42(34,23-6-10-25(44)11-7-23)36(30)32-18-5-22-3-1-2-4-29(22)37(32)49/h1-19,31,33-36,46,49H,20-21H2/t31-,33+,34-,35-,36+,42+/m0/s1. The monoisotopic (exact) mass is 789 g/mol. The van der Waals surface area contributed by atoms with E-state index in [0.717, 1.165) is 14.9 Å². The van der Waals surface area contributed by atoms with Gasteiger partial charge in [0.15, 0.2) is 0 Å². The Morgan fingerprint density at radius 3 is 2.26 bits per heavy atom. The summed E-state index contributed by atoms with van der Waals surface area (Å²) >= 11 is 9.81. The molecule has 11 heteroatoms. The molecule has 2 aliphatic carbocycles. The maximum atomic E-state index is 15.4. The molecule has 0 spiro atoms. The van der Waals surface area contributed by atoms with E-state index < -0.39 is 52.6 Å². The normalized spacial score (nSPS) is 26.4. The molecule has 53 heavy (non-hydrogen) atoms. The third-order valence-electron chi connectivity index (χ3n) is 11.6. The number of carbonyl (C=O) groups excluding carboxylic acids is 4. The predicted molar refractivity (Wildman–Crippen MR) is 201 cm³/mol. The van der Waals surface area contributed by atoms with E-state index >= 15 is 4.79 Å². The fourth-order valence-electron chi connectivity index (χ4n) is 9.35. The van der Waals surface area contributed by atoms with Gasteiger partial charge in [0.25, 0.3) is 11.8 Å². The highest BCUT2D eigenvalue weighted by molar-refractivity contribution is 9.10. The van der Waals surface area contributed by atoms with Crippen LogP contribution in [-0.4, -0.2) is 33.7 Å². The van der Waals surface area contributed by atoms with Gasteiger partial charge in [0.05, 0.1) is 34.5 Å². The molecule has 2 heterocycles. The first-order chi connectivity index (χ1) is 25.6. The number of nitrogens with zero attached hydrogens (tertiary/aromatic N) is 2. The number of nitrogens with one attached hydrogen (secondary N) is 1. The topological polar surface area (TPSA) is 107 Å². The second-order valence-electron chi connectivity index (χ2n) is 14.1. The molecular formula is C42H30BrClFN3O5. The highest BCUT2D eigenvalue weighted by Gasteiger charge is 2.70. The molecule has 9 rings (SSSR count). The smallest absolute Gasteiger partial charge is 0.260 e. The molecule has 6 atom stereocenters. The highest BCUT2D eigenvalue weighted by atomic mass is 79.9.